The molecule has 0 radical (unpaired) electrons. The van der Waals surface area contributed by atoms with Gasteiger partial charge in [0.2, 0.25) is 0 Å². The zero-order chi connectivity index (χ0) is 13.5. The predicted molar refractivity (Wildman–Crippen MR) is 66.2 cm³/mol. The summed E-state index contributed by atoms with van der Waals surface area (Å²) in [6.45, 7) is 2.91. The van der Waals surface area contributed by atoms with E-state index >= 15 is 0 Å². The lowest BCUT2D eigenvalue weighted by atomic mass is 10.1. The Kier molecular flexibility index (Phi) is 5.58. The fourth-order valence-corrected chi connectivity index (χ4v) is 1.64. The van der Waals surface area contributed by atoms with Gasteiger partial charge < -0.3 is 14.7 Å². The first-order valence-corrected chi connectivity index (χ1v) is 5.87. The summed E-state index contributed by atoms with van der Waals surface area (Å²) >= 11 is 0. The lowest BCUT2D eigenvalue weighted by Gasteiger charge is -2.20. The van der Waals surface area contributed by atoms with Crippen molar-refractivity contribution in [1.29, 1.82) is 0 Å². The number of ether oxygens (including phenoxy) is 1. The second kappa shape index (κ2) is 6.96. The molecule has 0 aromatic heterocycles. The third-order valence-electron chi connectivity index (χ3n) is 2.65. The van der Waals surface area contributed by atoms with Gasteiger partial charge in [-0.2, -0.15) is 0 Å². The van der Waals surface area contributed by atoms with Gasteiger partial charge in [-0.1, -0.05) is 0 Å². The van der Waals surface area contributed by atoms with Crippen LogP contribution in [0.2, 0.25) is 0 Å². The molecule has 0 saturated heterocycles. The van der Waals surface area contributed by atoms with E-state index < -0.39 is 5.82 Å². The second-order valence-corrected chi connectivity index (χ2v) is 3.81. The van der Waals surface area contributed by atoms with Gasteiger partial charge in [-0.15, -0.1) is 0 Å². The van der Waals surface area contributed by atoms with E-state index in [0.717, 1.165) is 0 Å². The van der Waals surface area contributed by atoms with Crippen LogP contribution in [0.5, 0.6) is 5.75 Å². The maximum absolute atomic E-state index is 13.2. The van der Waals surface area contributed by atoms with Crippen molar-refractivity contribution >= 4 is 5.91 Å². The van der Waals surface area contributed by atoms with Crippen LogP contribution in [0.1, 0.15) is 23.7 Å². The first-order valence-electron chi connectivity index (χ1n) is 5.87. The number of rotatable bonds is 6. The molecule has 0 bridgehead atoms. The summed E-state index contributed by atoms with van der Waals surface area (Å²) < 4.78 is 18.1. The maximum atomic E-state index is 13.2. The first-order chi connectivity index (χ1) is 8.63. The van der Waals surface area contributed by atoms with E-state index in [0.29, 0.717) is 25.1 Å². The number of amides is 1. The summed E-state index contributed by atoms with van der Waals surface area (Å²) in [5.74, 6) is -0.629. The molecule has 1 amide bonds. The third-order valence-corrected chi connectivity index (χ3v) is 2.65. The minimum absolute atomic E-state index is 0.0382. The van der Waals surface area contributed by atoms with E-state index in [9.17, 15) is 9.18 Å². The van der Waals surface area contributed by atoms with Crippen molar-refractivity contribution in [2.75, 3.05) is 26.8 Å². The van der Waals surface area contributed by atoms with Gasteiger partial charge in [0, 0.05) is 25.3 Å². The number of benzene rings is 1. The molecular formula is C13H18FNO3. The van der Waals surface area contributed by atoms with Gasteiger partial charge in [0.25, 0.3) is 5.91 Å². The molecule has 5 heteroatoms. The first kappa shape index (κ1) is 14.4. The average Bonchev–Trinajstić information content (AvgIpc) is 2.40. The van der Waals surface area contributed by atoms with E-state index in [-0.39, 0.29) is 18.3 Å². The van der Waals surface area contributed by atoms with Gasteiger partial charge in [-0.3, -0.25) is 4.79 Å². The second-order valence-electron chi connectivity index (χ2n) is 3.81. The number of nitrogens with zero attached hydrogens (tertiary/aromatic N) is 1. The molecule has 1 rings (SSSR count). The Labute approximate surface area is 106 Å². The number of aliphatic hydroxyl groups excluding tert-OH is 1. The zero-order valence-electron chi connectivity index (χ0n) is 10.6. The SMILES string of the molecule is CCN(CCCO)C(=O)c1ccc(F)c(OC)c1. The molecular weight excluding hydrogens is 237 g/mol. The Morgan fingerprint density at radius 3 is 2.78 bits per heavy atom. The van der Waals surface area contributed by atoms with Gasteiger partial charge in [-0.05, 0) is 31.5 Å². The van der Waals surface area contributed by atoms with E-state index in [1.807, 2.05) is 6.92 Å². The Hall–Kier alpha value is -1.62. The molecule has 1 aromatic rings. The lowest BCUT2D eigenvalue weighted by Crippen LogP contribution is -2.32. The monoisotopic (exact) mass is 255 g/mol. The smallest absolute Gasteiger partial charge is 0.253 e. The van der Waals surface area contributed by atoms with Crippen molar-refractivity contribution in [3.8, 4) is 5.75 Å². The molecule has 1 aromatic carbocycles. The summed E-state index contributed by atoms with van der Waals surface area (Å²) in [5.41, 5.74) is 0.382. The zero-order valence-corrected chi connectivity index (χ0v) is 10.6. The summed E-state index contributed by atoms with van der Waals surface area (Å²) in [4.78, 5) is 13.7. The van der Waals surface area contributed by atoms with E-state index in [1.165, 1.54) is 25.3 Å². The molecule has 0 fully saturated rings. The van der Waals surface area contributed by atoms with Crippen molar-refractivity contribution in [2.45, 2.75) is 13.3 Å². The number of carbonyl (C=O) groups is 1. The molecule has 0 atom stereocenters. The highest BCUT2D eigenvalue weighted by molar-refractivity contribution is 5.94. The third kappa shape index (κ3) is 3.43. The molecule has 0 heterocycles. The number of methoxy groups -OCH3 is 1. The van der Waals surface area contributed by atoms with Gasteiger partial charge >= 0.3 is 0 Å². The van der Waals surface area contributed by atoms with E-state index in [4.69, 9.17) is 9.84 Å². The van der Waals surface area contributed by atoms with Crippen molar-refractivity contribution in [1.82, 2.24) is 4.90 Å². The van der Waals surface area contributed by atoms with Crippen LogP contribution in [0.3, 0.4) is 0 Å². The Morgan fingerprint density at radius 2 is 2.22 bits per heavy atom. The fraction of sp³-hybridized carbons (Fsp3) is 0.462. The van der Waals surface area contributed by atoms with Crippen LogP contribution in [-0.2, 0) is 0 Å². The van der Waals surface area contributed by atoms with Gasteiger partial charge in [0.05, 0.1) is 7.11 Å². The maximum Gasteiger partial charge on any atom is 0.253 e. The Morgan fingerprint density at radius 1 is 1.50 bits per heavy atom. The van der Waals surface area contributed by atoms with Crippen LogP contribution in [0.25, 0.3) is 0 Å². The molecule has 0 aliphatic rings. The number of halogens is 1. The quantitative estimate of drug-likeness (QED) is 0.841. The van der Waals surface area contributed by atoms with Gasteiger partial charge in [0.1, 0.15) is 0 Å². The topological polar surface area (TPSA) is 49.8 Å². The fourth-order valence-electron chi connectivity index (χ4n) is 1.64. The van der Waals surface area contributed by atoms with Crippen LogP contribution >= 0.6 is 0 Å². The van der Waals surface area contributed by atoms with Crippen LogP contribution in [0.15, 0.2) is 18.2 Å². The minimum atomic E-state index is -0.493. The average molecular weight is 255 g/mol. The Bertz CT molecular complexity index is 409. The molecule has 18 heavy (non-hydrogen) atoms. The molecule has 0 aliphatic heterocycles. The van der Waals surface area contributed by atoms with E-state index in [2.05, 4.69) is 0 Å². The normalized spacial score (nSPS) is 10.2. The predicted octanol–water partition coefficient (Wildman–Crippen LogP) is 1.68. The molecule has 100 valence electrons. The number of carbonyl (C=O) groups excluding carboxylic acids is 1. The molecule has 0 saturated carbocycles. The molecule has 0 aliphatic carbocycles. The lowest BCUT2D eigenvalue weighted by molar-refractivity contribution is 0.0754. The molecule has 0 unspecified atom stereocenters. The summed E-state index contributed by atoms with van der Waals surface area (Å²) in [7, 11) is 1.36. The number of hydrogen-bond acceptors (Lipinski definition) is 3. The van der Waals surface area contributed by atoms with Crippen molar-refractivity contribution < 1.29 is 19.0 Å². The number of hydrogen-bond donors (Lipinski definition) is 1. The summed E-state index contributed by atoms with van der Waals surface area (Å²) in [5, 5.41) is 8.77. The van der Waals surface area contributed by atoms with Gasteiger partial charge in [0.15, 0.2) is 11.6 Å². The Balaban J connectivity index is 2.87. The van der Waals surface area contributed by atoms with Crippen molar-refractivity contribution in [3.05, 3.63) is 29.6 Å². The highest BCUT2D eigenvalue weighted by Crippen LogP contribution is 2.19. The van der Waals surface area contributed by atoms with Gasteiger partial charge in [-0.25, -0.2) is 4.39 Å². The highest BCUT2D eigenvalue weighted by atomic mass is 19.1. The van der Waals surface area contributed by atoms with Crippen molar-refractivity contribution in [3.63, 3.8) is 0 Å². The van der Waals surface area contributed by atoms with E-state index in [1.54, 1.807) is 4.90 Å². The highest BCUT2D eigenvalue weighted by Gasteiger charge is 2.15. The summed E-state index contributed by atoms with van der Waals surface area (Å²) in [6, 6.07) is 4.03. The molecule has 1 N–H and O–H groups in total. The van der Waals surface area contributed by atoms with Crippen LogP contribution in [-0.4, -0.2) is 42.7 Å². The summed E-state index contributed by atoms with van der Waals surface area (Å²) in [6.07, 6.45) is 0.526. The van der Waals surface area contributed by atoms with Crippen LogP contribution < -0.4 is 4.74 Å². The number of aliphatic hydroxyl groups is 1. The van der Waals surface area contributed by atoms with Crippen LogP contribution in [0.4, 0.5) is 4.39 Å². The molecule has 4 nitrogen and oxygen atoms in total. The standard InChI is InChI=1S/C13H18FNO3/c1-3-15(7-4-8-16)13(17)10-5-6-11(14)12(9-10)18-2/h5-6,9,16H,3-4,7-8H2,1-2H3. The molecule has 0 spiro atoms. The van der Waals surface area contributed by atoms with Crippen LogP contribution in [0, 0.1) is 5.82 Å². The van der Waals surface area contributed by atoms with Crippen molar-refractivity contribution in [2.24, 2.45) is 0 Å². The minimum Gasteiger partial charge on any atom is -0.494 e. The largest absolute Gasteiger partial charge is 0.494 e.